The molecule has 0 aromatic rings. The maximum atomic E-state index is 12.1. The Morgan fingerprint density at radius 3 is 2.26 bits per heavy atom. The lowest BCUT2D eigenvalue weighted by atomic mass is 10.0. The van der Waals surface area contributed by atoms with Crippen LogP contribution in [-0.2, 0) is 4.79 Å². The second-order valence-corrected chi connectivity index (χ2v) is 7.49. The van der Waals surface area contributed by atoms with Gasteiger partial charge in [-0.05, 0) is 59.0 Å². The second-order valence-electron chi connectivity index (χ2n) is 7.49. The van der Waals surface area contributed by atoms with Gasteiger partial charge in [-0.1, -0.05) is 13.8 Å². The summed E-state index contributed by atoms with van der Waals surface area (Å²) >= 11 is 0. The molecule has 160 valence electrons. The molecule has 0 bridgehead atoms. The van der Waals surface area contributed by atoms with Crippen LogP contribution in [-0.4, -0.2) is 73.5 Å². The van der Waals surface area contributed by atoms with Crippen LogP contribution in [0.5, 0.6) is 0 Å². The Labute approximate surface area is 183 Å². The number of likely N-dealkylation sites (tertiary alicyclic amines) is 1. The van der Waals surface area contributed by atoms with Crippen molar-refractivity contribution in [2.75, 3.05) is 45.8 Å². The van der Waals surface area contributed by atoms with Crippen molar-refractivity contribution in [2.24, 2.45) is 10.9 Å². The van der Waals surface area contributed by atoms with E-state index in [0.29, 0.717) is 24.9 Å². The minimum absolute atomic E-state index is 0. The number of amides is 1. The van der Waals surface area contributed by atoms with Gasteiger partial charge in [0.1, 0.15) is 0 Å². The van der Waals surface area contributed by atoms with Crippen molar-refractivity contribution in [3.63, 3.8) is 0 Å². The lowest BCUT2D eigenvalue weighted by molar-refractivity contribution is -0.130. The van der Waals surface area contributed by atoms with E-state index in [9.17, 15) is 4.79 Å². The maximum absolute atomic E-state index is 12.1. The topological polar surface area (TPSA) is 60.0 Å². The number of nitrogens with one attached hydrogen (secondary N) is 2. The molecule has 2 N–H and O–H groups in total. The summed E-state index contributed by atoms with van der Waals surface area (Å²) in [4.78, 5) is 21.4. The molecule has 1 unspecified atom stereocenters. The van der Waals surface area contributed by atoms with Gasteiger partial charge in [-0.15, -0.1) is 24.0 Å². The minimum Gasteiger partial charge on any atom is -0.357 e. The average molecular weight is 495 g/mol. The van der Waals surface area contributed by atoms with Gasteiger partial charge in [0.25, 0.3) is 0 Å². The minimum atomic E-state index is 0. The zero-order chi connectivity index (χ0) is 19.4. The third kappa shape index (κ3) is 10.5. The number of carbonyl (C=O) groups excluding carboxylic acids is 1. The summed E-state index contributed by atoms with van der Waals surface area (Å²) in [5.41, 5.74) is 0. The van der Waals surface area contributed by atoms with Crippen LogP contribution < -0.4 is 10.6 Å². The molecule has 27 heavy (non-hydrogen) atoms. The van der Waals surface area contributed by atoms with Crippen molar-refractivity contribution in [3.8, 4) is 0 Å². The van der Waals surface area contributed by atoms with Gasteiger partial charge >= 0.3 is 0 Å². The number of carbonyl (C=O) groups is 1. The first kappa shape index (κ1) is 26.4. The number of guanidine groups is 1. The quantitative estimate of drug-likeness (QED) is 0.263. The van der Waals surface area contributed by atoms with E-state index in [-0.39, 0.29) is 29.9 Å². The molecule has 6 nitrogen and oxygen atoms in total. The number of hydrogen-bond donors (Lipinski definition) is 2. The average Bonchev–Trinajstić information content (AvgIpc) is 3.13. The molecule has 0 aliphatic carbocycles. The van der Waals surface area contributed by atoms with Gasteiger partial charge in [0.15, 0.2) is 5.96 Å². The summed E-state index contributed by atoms with van der Waals surface area (Å²) in [6.45, 7) is 16.9. The van der Waals surface area contributed by atoms with E-state index < -0.39 is 0 Å². The molecule has 1 amide bonds. The van der Waals surface area contributed by atoms with E-state index >= 15 is 0 Å². The maximum Gasteiger partial charge on any atom is 0.224 e. The molecule has 1 rings (SSSR count). The van der Waals surface area contributed by atoms with E-state index in [2.05, 4.69) is 36.3 Å². The van der Waals surface area contributed by atoms with Crippen molar-refractivity contribution in [1.29, 1.82) is 0 Å². The first-order chi connectivity index (χ1) is 12.5. The molecule has 0 aromatic carbocycles. The normalized spacial score (nSPS) is 16.1. The molecule has 1 heterocycles. The van der Waals surface area contributed by atoms with E-state index in [1.807, 2.05) is 18.7 Å². The standard InChI is InChI=1S/C20H41N5O.HI/c1-6-21-20(22-12-11-19(26)24(7-2)8-3)23-16-18(15-17(4)5)25-13-9-10-14-25;/h17-18H,6-16H2,1-5H3,(H2,21,22,23);1H. The van der Waals surface area contributed by atoms with E-state index in [4.69, 9.17) is 4.99 Å². The smallest absolute Gasteiger partial charge is 0.224 e. The third-order valence-electron chi connectivity index (χ3n) is 4.95. The second kappa shape index (κ2) is 15.4. The predicted octanol–water partition coefficient (Wildman–Crippen LogP) is 2.93. The van der Waals surface area contributed by atoms with Crippen molar-refractivity contribution < 1.29 is 4.79 Å². The van der Waals surface area contributed by atoms with Crippen LogP contribution in [0.3, 0.4) is 0 Å². The number of rotatable bonds is 11. The molecule has 1 aliphatic heterocycles. The summed E-state index contributed by atoms with van der Waals surface area (Å²) in [6.07, 6.45) is 4.31. The molecule has 0 aromatic heterocycles. The molecule has 7 heteroatoms. The Morgan fingerprint density at radius 2 is 1.74 bits per heavy atom. The Kier molecular flexibility index (Phi) is 15.0. The van der Waals surface area contributed by atoms with Crippen LogP contribution in [0.15, 0.2) is 4.99 Å². The molecule has 0 radical (unpaired) electrons. The van der Waals surface area contributed by atoms with Gasteiger partial charge in [0, 0.05) is 38.6 Å². The SMILES string of the molecule is CCNC(=NCC(CC(C)C)N1CCCC1)NCCC(=O)N(CC)CC.I. The molecule has 1 fully saturated rings. The summed E-state index contributed by atoms with van der Waals surface area (Å²) in [6, 6.07) is 0.519. The van der Waals surface area contributed by atoms with Gasteiger partial charge in [0.2, 0.25) is 5.91 Å². The molecule has 1 saturated heterocycles. The predicted molar refractivity (Wildman–Crippen MR) is 126 cm³/mol. The highest BCUT2D eigenvalue weighted by atomic mass is 127. The summed E-state index contributed by atoms with van der Waals surface area (Å²) in [5, 5.41) is 6.64. The summed E-state index contributed by atoms with van der Waals surface area (Å²) in [7, 11) is 0. The van der Waals surface area contributed by atoms with Gasteiger partial charge in [-0.3, -0.25) is 14.7 Å². The zero-order valence-corrected chi connectivity index (χ0v) is 20.4. The van der Waals surface area contributed by atoms with E-state index in [1.165, 1.54) is 32.4 Å². The molecule has 1 aliphatic rings. The van der Waals surface area contributed by atoms with Crippen molar-refractivity contribution >= 4 is 35.8 Å². The molecule has 1 atom stereocenters. The molecular formula is C20H42IN5O. The Hall–Kier alpha value is -0.570. The Balaban J connectivity index is 0.00000676. The fourth-order valence-electron chi connectivity index (χ4n) is 3.55. The lowest BCUT2D eigenvalue weighted by Gasteiger charge is -2.28. The highest BCUT2D eigenvalue weighted by Crippen LogP contribution is 2.18. The highest BCUT2D eigenvalue weighted by molar-refractivity contribution is 14.0. The van der Waals surface area contributed by atoms with E-state index in [0.717, 1.165) is 32.1 Å². The van der Waals surface area contributed by atoms with Gasteiger partial charge in [-0.25, -0.2) is 0 Å². The van der Waals surface area contributed by atoms with Crippen molar-refractivity contribution in [3.05, 3.63) is 0 Å². The van der Waals surface area contributed by atoms with Crippen LogP contribution in [0.1, 0.15) is 60.3 Å². The summed E-state index contributed by atoms with van der Waals surface area (Å²) < 4.78 is 0. The first-order valence-corrected chi connectivity index (χ1v) is 10.6. The number of hydrogen-bond acceptors (Lipinski definition) is 3. The monoisotopic (exact) mass is 495 g/mol. The highest BCUT2D eigenvalue weighted by Gasteiger charge is 2.22. The van der Waals surface area contributed by atoms with Gasteiger partial charge in [-0.2, -0.15) is 0 Å². The fourth-order valence-corrected chi connectivity index (χ4v) is 3.55. The third-order valence-corrected chi connectivity index (χ3v) is 4.95. The number of aliphatic imine (C=N–C) groups is 1. The summed E-state index contributed by atoms with van der Waals surface area (Å²) in [5.74, 6) is 1.71. The molecular weight excluding hydrogens is 453 g/mol. The van der Waals surface area contributed by atoms with E-state index in [1.54, 1.807) is 0 Å². The zero-order valence-electron chi connectivity index (χ0n) is 18.1. The Bertz CT molecular complexity index is 421. The molecule has 0 saturated carbocycles. The fraction of sp³-hybridized carbons (Fsp3) is 0.900. The first-order valence-electron chi connectivity index (χ1n) is 10.6. The van der Waals surface area contributed by atoms with Crippen molar-refractivity contribution in [2.45, 2.75) is 66.3 Å². The largest absolute Gasteiger partial charge is 0.357 e. The van der Waals surface area contributed by atoms with Crippen LogP contribution >= 0.6 is 24.0 Å². The van der Waals surface area contributed by atoms with Gasteiger partial charge < -0.3 is 15.5 Å². The number of halogens is 1. The Morgan fingerprint density at radius 1 is 1.11 bits per heavy atom. The lowest BCUT2D eigenvalue weighted by Crippen LogP contribution is -2.42. The van der Waals surface area contributed by atoms with Crippen LogP contribution in [0.25, 0.3) is 0 Å². The van der Waals surface area contributed by atoms with Crippen LogP contribution in [0, 0.1) is 5.92 Å². The van der Waals surface area contributed by atoms with Crippen LogP contribution in [0.4, 0.5) is 0 Å². The van der Waals surface area contributed by atoms with Crippen molar-refractivity contribution in [1.82, 2.24) is 20.4 Å². The van der Waals surface area contributed by atoms with Gasteiger partial charge in [0.05, 0.1) is 6.54 Å². The molecule has 0 spiro atoms. The van der Waals surface area contributed by atoms with Crippen LogP contribution in [0.2, 0.25) is 0 Å². The number of nitrogens with zero attached hydrogens (tertiary/aromatic N) is 3.